The molecule has 2 aromatic rings. The van der Waals surface area contributed by atoms with Gasteiger partial charge in [0.25, 0.3) is 0 Å². The second kappa shape index (κ2) is 6.86. The molecule has 112 valence electrons. The van der Waals surface area contributed by atoms with Crippen LogP contribution in [-0.2, 0) is 0 Å². The summed E-state index contributed by atoms with van der Waals surface area (Å²) in [6.45, 7) is 9.19. The summed E-state index contributed by atoms with van der Waals surface area (Å²) in [6.07, 6.45) is 1.05. The fourth-order valence-corrected chi connectivity index (χ4v) is 2.82. The van der Waals surface area contributed by atoms with Crippen LogP contribution in [0.5, 0.6) is 0 Å². The summed E-state index contributed by atoms with van der Waals surface area (Å²) < 4.78 is 13.8. The average Bonchev–Trinajstić information content (AvgIpc) is 2.37. The van der Waals surface area contributed by atoms with E-state index in [9.17, 15) is 4.39 Å². The van der Waals surface area contributed by atoms with Crippen molar-refractivity contribution in [2.75, 3.05) is 6.54 Å². The minimum Gasteiger partial charge on any atom is -0.306 e. The molecule has 2 aromatic carbocycles. The zero-order chi connectivity index (χ0) is 15.4. The van der Waals surface area contributed by atoms with Gasteiger partial charge in [-0.1, -0.05) is 42.3 Å². The summed E-state index contributed by atoms with van der Waals surface area (Å²) in [7, 11) is 0. The minimum atomic E-state index is -0.169. The van der Waals surface area contributed by atoms with E-state index in [0.717, 1.165) is 24.1 Å². The smallest absolute Gasteiger partial charge is 0.123 e. The van der Waals surface area contributed by atoms with Gasteiger partial charge in [-0.3, -0.25) is 0 Å². The van der Waals surface area contributed by atoms with Gasteiger partial charge in [0.2, 0.25) is 0 Å². The third-order valence-corrected chi connectivity index (χ3v) is 3.57. The van der Waals surface area contributed by atoms with Gasteiger partial charge in [-0.05, 0) is 62.6 Å². The molecule has 0 aliphatic heterocycles. The van der Waals surface area contributed by atoms with Gasteiger partial charge < -0.3 is 5.32 Å². The number of halogens is 1. The Balaban J connectivity index is 2.46. The molecular weight excluding hydrogens is 261 g/mol. The lowest BCUT2D eigenvalue weighted by atomic mass is 9.94. The summed E-state index contributed by atoms with van der Waals surface area (Å²) >= 11 is 0. The van der Waals surface area contributed by atoms with Crippen molar-refractivity contribution < 1.29 is 4.39 Å². The Kier molecular flexibility index (Phi) is 5.13. The Morgan fingerprint density at radius 3 is 1.90 bits per heavy atom. The van der Waals surface area contributed by atoms with Crippen LogP contribution < -0.4 is 5.32 Å². The van der Waals surface area contributed by atoms with Crippen LogP contribution in [0.25, 0.3) is 0 Å². The SMILES string of the molecule is CCCNC(c1cc(C)cc(C)c1)c1cc(C)cc(F)c1. The highest BCUT2D eigenvalue weighted by atomic mass is 19.1. The van der Waals surface area contributed by atoms with E-state index in [1.165, 1.54) is 16.7 Å². The lowest BCUT2D eigenvalue weighted by Crippen LogP contribution is -2.23. The first kappa shape index (κ1) is 15.7. The first-order valence-electron chi connectivity index (χ1n) is 7.58. The predicted molar refractivity (Wildman–Crippen MR) is 87.2 cm³/mol. The van der Waals surface area contributed by atoms with Crippen molar-refractivity contribution in [2.24, 2.45) is 0 Å². The molecule has 0 aliphatic carbocycles. The zero-order valence-corrected chi connectivity index (χ0v) is 13.3. The highest BCUT2D eigenvalue weighted by Crippen LogP contribution is 2.25. The monoisotopic (exact) mass is 285 g/mol. The van der Waals surface area contributed by atoms with Gasteiger partial charge in [0.05, 0.1) is 6.04 Å². The maximum atomic E-state index is 13.8. The van der Waals surface area contributed by atoms with E-state index in [0.29, 0.717) is 0 Å². The second-order valence-corrected chi connectivity index (χ2v) is 5.87. The molecule has 1 nitrogen and oxygen atoms in total. The molecule has 2 heteroatoms. The minimum absolute atomic E-state index is 0.0398. The highest BCUT2D eigenvalue weighted by Gasteiger charge is 2.15. The van der Waals surface area contributed by atoms with E-state index >= 15 is 0 Å². The van der Waals surface area contributed by atoms with Crippen molar-refractivity contribution >= 4 is 0 Å². The quantitative estimate of drug-likeness (QED) is 0.829. The number of hydrogen-bond acceptors (Lipinski definition) is 1. The summed E-state index contributed by atoms with van der Waals surface area (Å²) in [5.41, 5.74) is 5.62. The number of rotatable bonds is 5. The first-order chi connectivity index (χ1) is 9.99. The van der Waals surface area contributed by atoms with Gasteiger partial charge in [0.15, 0.2) is 0 Å². The lowest BCUT2D eigenvalue weighted by molar-refractivity contribution is 0.584. The van der Waals surface area contributed by atoms with Crippen LogP contribution in [-0.4, -0.2) is 6.54 Å². The topological polar surface area (TPSA) is 12.0 Å². The van der Waals surface area contributed by atoms with Crippen molar-refractivity contribution in [3.63, 3.8) is 0 Å². The first-order valence-corrected chi connectivity index (χ1v) is 7.58. The molecule has 0 heterocycles. The van der Waals surface area contributed by atoms with Crippen molar-refractivity contribution in [1.29, 1.82) is 0 Å². The van der Waals surface area contributed by atoms with Crippen LogP contribution in [0.1, 0.15) is 47.2 Å². The van der Waals surface area contributed by atoms with E-state index in [1.807, 2.05) is 6.92 Å². The summed E-state index contributed by atoms with van der Waals surface area (Å²) in [4.78, 5) is 0. The van der Waals surface area contributed by atoms with E-state index in [-0.39, 0.29) is 11.9 Å². The number of benzene rings is 2. The van der Waals surface area contributed by atoms with Gasteiger partial charge in [-0.2, -0.15) is 0 Å². The average molecular weight is 285 g/mol. The predicted octanol–water partition coefficient (Wildman–Crippen LogP) is 4.84. The Labute approximate surface area is 127 Å². The normalized spacial score (nSPS) is 12.4. The fourth-order valence-electron chi connectivity index (χ4n) is 2.82. The fraction of sp³-hybridized carbons (Fsp3) is 0.368. The van der Waals surface area contributed by atoms with Crippen molar-refractivity contribution in [3.05, 3.63) is 70.0 Å². The van der Waals surface area contributed by atoms with Gasteiger partial charge in [-0.15, -0.1) is 0 Å². The van der Waals surface area contributed by atoms with Crippen molar-refractivity contribution in [3.8, 4) is 0 Å². The molecule has 0 saturated heterocycles. The molecule has 0 spiro atoms. The van der Waals surface area contributed by atoms with Crippen LogP contribution in [0.4, 0.5) is 4.39 Å². The molecule has 0 aromatic heterocycles. The zero-order valence-electron chi connectivity index (χ0n) is 13.3. The van der Waals surface area contributed by atoms with E-state index < -0.39 is 0 Å². The molecule has 0 aliphatic rings. The second-order valence-electron chi connectivity index (χ2n) is 5.87. The highest BCUT2D eigenvalue weighted by molar-refractivity contribution is 5.38. The lowest BCUT2D eigenvalue weighted by Gasteiger charge is -2.21. The number of nitrogens with one attached hydrogen (secondary N) is 1. The van der Waals surface area contributed by atoms with Gasteiger partial charge >= 0.3 is 0 Å². The molecule has 0 bridgehead atoms. The van der Waals surface area contributed by atoms with Crippen molar-refractivity contribution in [1.82, 2.24) is 5.32 Å². The molecule has 0 amide bonds. The van der Waals surface area contributed by atoms with Gasteiger partial charge in [0.1, 0.15) is 5.82 Å². The van der Waals surface area contributed by atoms with E-state index in [4.69, 9.17) is 0 Å². The summed E-state index contributed by atoms with van der Waals surface area (Å²) in [5.74, 6) is -0.169. The largest absolute Gasteiger partial charge is 0.306 e. The van der Waals surface area contributed by atoms with Crippen LogP contribution in [0.2, 0.25) is 0 Å². The number of hydrogen-bond donors (Lipinski definition) is 1. The maximum absolute atomic E-state index is 13.8. The third kappa shape index (κ3) is 4.15. The third-order valence-electron chi connectivity index (χ3n) is 3.57. The van der Waals surface area contributed by atoms with Crippen LogP contribution in [0.15, 0.2) is 36.4 Å². The summed E-state index contributed by atoms with van der Waals surface area (Å²) in [5, 5.41) is 3.54. The maximum Gasteiger partial charge on any atom is 0.123 e. The van der Waals surface area contributed by atoms with E-state index in [1.54, 1.807) is 12.1 Å². The molecule has 1 atom stereocenters. The Hall–Kier alpha value is -1.67. The van der Waals surface area contributed by atoms with E-state index in [2.05, 4.69) is 50.4 Å². The molecule has 1 N–H and O–H groups in total. The molecular formula is C19H24FN. The number of aryl methyl sites for hydroxylation is 3. The molecule has 0 saturated carbocycles. The van der Waals surface area contributed by atoms with Gasteiger partial charge in [-0.25, -0.2) is 4.39 Å². The Morgan fingerprint density at radius 1 is 0.857 bits per heavy atom. The van der Waals surface area contributed by atoms with Crippen LogP contribution in [0.3, 0.4) is 0 Å². The van der Waals surface area contributed by atoms with Crippen LogP contribution >= 0.6 is 0 Å². The van der Waals surface area contributed by atoms with Crippen molar-refractivity contribution in [2.45, 2.75) is 40.2 Å². The molecule has 0 fully saturated rings. The Morgan fingerprint density at radius 2 is 1.38 bits per heavy atom. The molecule has 2 rings (SSSR count). The Bertz CT molecular complexity index is 527. The molecule has 21 heavy (non-hydrogen) atoms. The summed E-state index contributed by atoms with van der Waals surface area (Å²) in [6, 6.07) is 11.8. The standard InChI is InChI=1S/C19H24FN/c1-5-6-21-19(16-8-13(2)7-14(3)9-16)17-10-15(4)11-18(20)12-17/h7-12,19,21H,5-6H2,1-4H3. The molecule has 0 radical (unpaired) electrons. The van der Waals surface area contributed by atoms with Gasteiger partial charge in [0, 0.05) is 0 Å². The molecule has 1 unspecified atom stereocenters. The van der Waals surface area contributed by atoms with Crippen LogP contribution in [0, 0.1) is 26.6 Å².